The number of carbonyl (C=O) groups is 1. The molecule has 2 aromatic heterocycles. The second-order valence-electron chi connectivity index (χ2n) is 3.31. The number of aromatic nitrogens is 2. The summed E-state index contributed by atoms with van der Waals surface area (Å²) in [6.45, 7) is 2.28. The van der Waals surface area contributed by atoms with Crippen LogP contribution in [-0.2, 0) is 6.54 Å². The zero-order valence-electron chi connectivity index (χ0n) is 8.80. The van der Waals surface area contributed by atoms with Crippen molar-refractivity contribution >= 4 is 17.2 Å². The third-order valence-corrected chi connectivity index (χ3v) is 2.88. The first kappa shape index (κ1) is 10.8. The van der Waals surface area contributed by atoms with Gasteiger partial charge in [-0.2, -0.15) is 0 Å². The molecule has 0 fully saturated rings. The summed E-state index contributed by atoms with van der Waals surface area (Å²) in [5.74, 6) is -0.0719. The molecule has 2 rings (SSSR count). The maximum absolute atomic E-state index is 11.6. The van der Waals surface area contributed by atoms with Gasteiger partial charge in [0.05, 0.1) is 29.0 Å². The van der Waals surface area contributed by atoms with Gasteiger partial charge < -0.3 is 5.32 Å². The third-order valence-electron chi connectivity index (χ3n) is 2.01. The van der Waals surface area contributed by atoms with Crippen molar-refractivity contribution in [3.8, 4) is 0 Å². The maximum Gasteiger partial charge on any atom is 0.261 e. The molecule has 0 bridgehead atoms. The van der Waals surface area contributed by atoms with Crippen LogP contribution in [0.1, 0.15) is 21.1 Å². The monoisotopic (exact) mass is 233 g/mol. The zero-order valence-corrected chi connectivity index (χ0v) is 9.62. The van der Waals surface area contributed by atoms with Crippen LogP contribution >= 0.6 is 11.3 Å². The Bertz CT molecular complexity index is 464. The molecule has 0 atom stereocenters. The number of amides is 1. The van der Waals surface area contributed by atoms with Gasteiger partial charge in [0.25, 0.3) is 5.91 Å². The molecule has 0 aliphatic carbocycles. The van der Waals surface area contributed by atoms with Crippen molar-refractivity contribution in [1.29, 1.82) is 0 Å². The van der Waals surface area contributed by atoms with Gasteiger partial charge in [0.15, 0.2) is 0 Å². The number of nitrogens with one attached hydrogen (secondary N) is 1. The Morgan fingerprint density at radius 2 is 2.31 bits per heavy atom. The lowest BCUT2D eigenvalue weighted by atomic mass is 10.4. The molecule has 0 unspecified atom stereocenters. The van der Waals surface area contributed by atoms with Crippen LogP contribution in [0.25, 0.3) is 0 Å². The fraction of sp³-hybridized carbons (Fsp3) is 0.182. The topological polar surface area (TPSA) is 54.9 Å². The Hall–Kier alpha value is -1.75. The molecular weight excluding hydrogens is 222 g/mol. The van der Waals surface area contributed by atoms with E-state index in [-0.39, 0.29) is 5.91 Å². The lowest BCUT2D eigenvalue weighted by molar-refractivity contribution is 0.0954. The van der Waals surface area contributed by atoms with Gasteiger partial charge in [-0.1, -0.05) is 6.07 Å². The highest BCUT2D eigenvalue weighted by Crippen LogP contribution is 2.07. The average molecular weight is 233 g/mol. The van der Waals surface area contributed by atoms with Crippen molar-refractivity contribution in [2.75, 3.05) is 0 Å². The van der Waals surface area contributed by atoms with Gasteiger partial charge in [-0.3, -0.25) is 14.8 Å². The van der Waals surface area contributed by atoms with Crippen LogP contribution in [0.2, 0.25) is 0 Å². The molecule has 1 N–H and O–H groups in total. The Balaban J connectivity index is 1.93. The van der Waals surface area contributed by atoms with E-state index in [4.69, 9.17) is 0 Å². The van der Waals surface area contributed by atoms with Crippen molar-refractivity contribution in [3.63, 3.8) is 0 Å². The van der Waals surface area contributed by atoms with E-state index in [0.29, 0.717) is 11.4 Å². The Morgan fingerprint density at radius 3 is 2.94 bits per heavy atom. The molecule has 4 nitrogen and oxygen atoms in total. The van der Waals surface area contributed by atoms with Gasteiger partial charge in [-0.05, 0) is 18.4 Å². The average Bonchev–Trinajstić information content (AvgIpc) is 2.81. The summed E-state index contributed by atoms with van der Waals surface area (Å²) in [5.41, 5.74) is 1.63. The molecule has 82 valence electrons. The van der Waals surface area contributed by atoms with Crippen LogP contribution in [0.4, 0.5) is 0 Å². The zero-order chi connectivity index (χ0) is 11.4. The number of rotatable bonds is 3. The maximum atomic E-state index is 11.6. The van der Waals surface area contributed by atoms with Crippen LogP contribution in [0.5, 0.6) is 0 Å². The van der Waals surface area contributed by atoms with Crippen LogP contribution in [0.3, 0.4) is 0 Å². The molecule has 0 aliphatic heterocycles. The van der Waals surface area contributed by atoms with Gasteiger partial charge in [-0.25, -0.2) is 0 Å². The molecule has 0 aliphatic rings. The number of carbonyl (C=O) groups excluding carboxylic acids is 1. The van der Waals surface area contributed by atoms with Crippen molar-refractivity contribution in [3.05, 3.63) is 46.2 Å². The second-order valence-corrected chi connectivity index (χ2v) is 4.26. The van der Waals surface area contributed by atoms with Crippen molar-refractivity contribution in [2.24, 2.45) is 0 Å². The first-order chi connectivity index (χ1) is 7.75. The standard InChI is InChI=1S/C11H11N3OS/c1-8-5-13-9(6-12-8)7-14-11(15)10-3-2-4-16-10/h2-6H,7H2,1H3,(H,14,15). The molecule has 0 saturated heterocycles. The highest BCUT2D eigenvalue weighted by atomic mass is 32.1. The first-order valence-corrected chi connectivity index (χ1v) is 5.73. The molecule has 2 aromatic rings. The number of thiophene rings is 1. The summed E-state index contributed by atoms with van der Waals surface area (Å²) in [6.07, 6.45) is 3.36. The highest BCUT2D eigenvalue weighted by Gasteiger charge is 2.05. The quantitative estimate of drug-likeness (QED) is 0.879. The van der Waals surface area contributed by atoms with Crippen molar-refractivity contribution in [1.82, 2.24) is 15.3 Å². The minimum Gasteiger partial charge on any atom is -0.346 e. The van der Waals surface area contributed by atoms with E-state index in [1.54, 1.807) is 18.5 Å². The summed E-state index contributed by atoms with van der Waals surface area (Å²) in [7, 11) is 0. The molecule has 0 spiro atoms. The third kappa shape index (κ3) is 2.64. The fourth-order valence-electron chi connectivity index (χ4n) is 1.18. The van der Waals surface area contributed by atoms with Gasteiger partial charge in [0, 0.05) is 6.20 Å². The SMILES string of the molecule is Cc1cnc(CNC(=O)c2cccs2)cn1. The summed E-state index contributed by atoms with van der Waals surface area (Å²) >= 11 is 1.42. The van der Waals surface area contributed by atoms with E-state index >= 15 is 0 Å². The molecule has 5 heteroatoms. The molecule has 1 amide bonds. The van der Waals surface area contributed by atoms with Gasteiger partial charge in [-0.15, -0.1) is 11.3 Å². The van der Waals surface area contributed by atoms with Gasteiger partial charge in [0.2, 0.25) is 0 Å². The van der Waals surface area contributed by atoms with Crippen molar-refractivity contribution in [2.45, 2.75) is 13.5 Å². The van der Waals surface area contributed by atoms with E-state index in [2.05, 4.69) is 15.3 Å². The number of hydrogen-bond acceptors (Lipinski definition) is 4. The highest BCUT2D eigenvalue weighted by molar-refractivity contribution is 7.12. The molecule has 2 heterocycles. The number of hydrogen-bond donors (Lipinski definition) is 1. The number of nitrogens with zero attached hydrogens (tertiary/aromatic N) is 2. The minimum atomic E-state index is -0.0719. The van der Waals surface area contributed by atoms with E-state index in [9.17, 15) is 4.79 Å². The molecule has 0 saturated carbocycles. The van der Waals surface area contributed by atoms with Gasteiger partial charge >= 0.3 is 0 Å². The summed E-state index contributed by atoms with van der Waals surface area (Å²) < 4.78 is 0. The Kier molecular flexibility index (Phi) is 3.26. The first-order valence-electron chi connectivity index (χ1n) is 4.85. The largest absolute Gasteiger partial charge is 0.346 e. The van der Waals surface area contributed by atoms with Crippen molar-refractivity contribution < 1.29 is 4.79 Å². The molecule has 16 heavy (non-hydrogen) atoms. The summed E-state index contributed by atoms with van der Waals surface area (Å²) in [6, 6.07) is 3.64. The smallest absolute Gasteiger partial charge is 0.261 e. The minimum absolute atomic E-state index is 0.0719. The molecule has 0 radical (unpaired) electrons. The lowest BCUT2D eigenvalue weighted by Gasteiger charge is -2.02. The molecular formula is C11H11N3OS. The second kappa shape index (κ2) is 4.85. The fourth-order valence-corrected chi connectivity index (χ4v) is 1.82. The predicted molar refractivity (Wildman–Crippen MR) is 62.3 cm³/mol. The Labute approximate surface area is 97.4 Å². The van der Waals surface area contributed by atoms with E-state index < -0.39 is 0 Å². The van der Waals surface area contributed by atoms with E-state index in [0.717, 1.165) is 11.4 Å². The number of aryl methyl sites for hydroxylation is 1. The van der Waals surface area contributed by atoms with Crippen LogP contribution in [-0.4, -0.2) is 15.9 Å². The predicted octanol–water partition coefficient (Wildman–Crippen LogP) is 1.78. The summed E-state index contributed by atoms with van der Waals surface area (Å²) in [4.78, 5) is 20.6. The van der Waals surface area contributed by atoms with Gasteiger partial charge in [0.1, 0.15) is 0 Å². The van der Waals surface area contributed by atoms with E-state index in [1.165, 1.54) is 11.3 Å². The van der Waals surface area contributed by atoms with Crippen LogP contribution in [0, 0.1) is 6.92 Å². The summed E-state index contributed by atoms with van der Waals surface area (Å²) in [5, 5.41) is 4.67. The molecule has 0 aromatic carbocycles. The van der Waals surface area contributed by atoms with Crippen LogP contribution in [0.15, 0.2) is 29.9 Å². The van der Waals surface area contributed by atoms with Crippen LogP contribution < -0.4 is 5.32 Å². The van der Waals surface area contributed by atoms with E-state index in [1.807, 2.05) is 18.4 Å². The Morgan fingerprint density at radius 1 is 1.44 bits per heavy atom. The normalized spacial score (nSPS) is 10.1. The lowest BCUT2D eigenvalue weighted by Crippen LogP contribution is -2.22.